The zero-order chi connectivity index (χ0) is 14.4. The number of rotatable bonds is 6. The lowest BCUT2D eigenvalue weighted by Crippen LogP contribution is -2.34. The standard InChI is InChI=1S/C13H18ClNO4/c1-2-3-6-19-13(18)10(15)7-8-4-5-9(14)12(17)11(8)16/h4-5,10,16-17H,2-3,6-7,15H2,1H3/t10-/m0/s1. The molecule has 0 aromatic heterocycles. The van der Waals surface area contributed by atoms with Gasteiger partial charge in [-0.15, -0.1) is 0 Å². The van der Waals surface area contributed by atoms with E-state index in [1.807, 2.05) is 6.92 Å². The van der Waals surface area contributed by atoms with E-state index in [-0.39, 0.29) is 17.2 Å². The van der Waals surface area contributed by atoms with E-state index in [0.29, 0.717) is 12.2 Å². The highest BCUT2D eigenvalue weighted by Gasteiger charge is 2.19. The molecule has 0 bridgehead atoms. The van der Waals surface area contributed by atoms with Gasteiger partial charge < -0.3 is 20.7 Å². The number of aromatic hydroxyl groups is 2. The highest BCUT2D eigenvalue weighted by Crippen LogP contribution is 2.36. The Kier molecular flexibility index (Phi) is 5.92. The van der Waals surface area contributed by atoms with Crippen LogP contribution in [0.15, 0.2) is 12.1 Å². The number of halogens is 1. The van der Waals surface area contributed by atoms with Gasteiger partial charge in [-0.3, -0.25) is 4.79 Å². The van der Waals surface area contributed by atoms with Crippen molar-refractivity contribution in [2.45, 2.75) is 32.2 Å². The van der Waals surface area contributed by atoms with Crippen molar-refractivity contribution < 1.29 is 19.7 Å². The Morgan fingerprint density at radius 2 is 2.11 bits per heavy atom. The predicted molar refractivity (Wildman–Crippen MR) is 72.3 cm³/mol. The summed E-state index contributed by atoms with van der Waals surface area (Å²) >= 11 is 5.64. The minimum absolute atomic E-state index is 0.0420. The van der Waals surface area contributed by atoms with E-state index < -0.39 is 17.8 Å². The van der Waals surface area contributed by atoms with Crippen LogP contribution < -0.4 is 5.73 Å². The lowest BCUT2D eigenvalue weighted by atomic mass is 10.1. The molecule has 0 aliphatic carbocycles. The van der Waals surface area contributed by atoms with E-state index >= 15 is 0 Å². The molecule has 19 heavy (non-hydrogen) atoms. The number of hydrogen-bond acceptors (Lipinski definition) is 5. The Morgan fingerprint density at radius 1 is 1.42 bits per heavy atom. The molecule has 106 valence electrons. The second-order valence-corrected chi connectivity index (χ2v) is 4.64. The summed E-state index contributed by atoms with van der Waals surface area (Å²) in [5.41, 5.74) is 6.04. The van der Waals surface area contributed by atoms with Gasteiger partial charge in [0.15, 0.2) is 11.5 Å². The molecule has 1 rings (SSSR count). The number of carbonyl (C=O) groups excluding carboxylic acids is 1. The summed E-state index contributed by atoms with van der Waals surface area (Å²) in [5.74, 6) is -1.29. The average molecular weight is 288 g/mol. The van der Waals surface area contributed by atoms with Crippen LogP contribution in [0.4, 0.5) is 0 Å². The molecule has 1 aromatic carbocycles. The monoisotopic (exact) mass is 287 g/mol. The van der Waals surface area contributed by atoms with Crippen LogP contribution in [-0.2, 0) is 16.0 Å². The van der Waals surface area contributed by atoms with Crippen LogP contribution in [0.2, 0.25) is 5.02 Å². The largest absolute Gasteiger partial charge is 0.504 e. The molecule has 0 unspecified atom stereocenters. The molecule has 0 radical (unpaired) electrons. The number of phenolic OH excluding ortho intramolecular Hbond substituents is 2. The molecule has 6 heteroatoms. The Morgan fingerprint density at radius 3 is 2.74 bits per heavy atom. The molecule has 0 fully saturated rings. The van der Waals surface area contributed by atoms with Gasteiger partial charge in [0.25, 0.3) is 0 Å². The van der Waals surface area contributed by atoms with E-state index in [0.717, 1.165) is 12.8 Å². The lowest BCUT2D eigenvalue weighted by Gasteiger charge is -2.13. The molecule has 0 aliphatic heterocycles. The molecule has 0 saturated heterocycles. The predicted octanol–water partition coefficient (Wildman–Crippen LogP) is 1.96. The number of benzene rings is 1. The normalized spacial score (nSPS) is 12.2. The van der Waals surface area contributed by atoms with Crippen molar-refractivity contribution in [2.24, 2.45) is 5.73 Å². The quantitative estimate of drug-likeness (QED) is 0.422. The van der Waals surface area contributed by atoms with Crippen LogP contribution in [0.1, 0.15) is 25.3 Å². The van der Waals surface area contributed by atoms with Crippen LogP contribution in [-0.4, -0.2) is 28.8 Å². The number of phenols is 2. The van der Waals surface area contributed by atoms with Crippen molar-refractivity contribution >= 4 is 17.6 Å². The van der Waals surface area contributed by atoms with Crippen LogP contribution in [0.25, 0.3) is 0 Å². The van der Waals surface area contributed by atoms with Gasteiger partial charge in [-0.25, -0.2) is 0 Å². The number of unbranched alkanes of at least 4 members (excludes halogenated alkanes) is 1. The Balaban J connectivity index is 2.64. The molecule has 1 atom stereocenters. The summed E-state index contributed by atoms with van der Waals surface area (Å²) in [6, 6.07) is 2.06. The fourth-order valence-corrected chi connectivity index (χ4v) is 1.66. The first-order valence-corrected chi connectivity index (χ1v) is 6.46. The number of carbonyl (C=O) groups is 1. The van der Waals surface area contributed by atoms with Gasteiger partial charge >= 0.3 is 5.97 Å². The second kappa shape index (κ2) is 7.21. The first-order valence-electron chi connectivity index (χ1n) is 6.08. The zero-order valence-corrected chi connectivity index (χ0v) is 11.5. The first-order chi connectivity index (χ1) is 8.97. The molecule has 5 nitrogen and oxygen atoms in total. The minimum Gasteiger partial charge on any atom is -0.504 e. The Labute approximate surface area is 116 Å². The van der Waals surface area contributed by atoms with Gasteiger partial charge in [-0.1, -0.05) is 31.0 Å². The van der Waals surface area contributed by atoms with Crippen LogP contribution in [0.5, 0.6) is 11.5 Å². The molecule has 0 saturated carbocycles. The van der Waals surface area contributed by atoms with E-state index in [1.165, 1.54) is 12.1 Å². The van der Waals surface area contributed by atoms with E-state index in [2.05, 4.69) is 0 Å². The van der Waals surface area contributed by atoms with E-state index in [9.17, 15) is 15.0 Å². The summed E-state index contributed by atoms with van der Waals surface area (Å²) < 4.78 is 4.98. The van der Waals surface area contributed by atoms with Crippen LogP contribution in [0, 0.1) is 0 Å². The molecule has 1 aromatic rings. The van der Waals surface area contributed by atoms with Crippen molar-refractivity contribution in [1.82, 2.24) is 0 Å². The molecule has 0 amide bonds. The van der Waals surface area contributed by atoms with Gasteiger partial charge in [-0.2, -0.15) is 0 Å². The summed E-state index contributed by atoms with van der Waals surface area (Å²) in [7, 11) is 0. The summed E-state index contributed by atoms with van der Waals surface area (Å²) in [5, 5.41) is 19.2. The van der Waals surface area contributed by atoms with Gasteiger partial charge in [0.1, 0.15) is 6.04 Å². The highest BCUT2D eigenvalue weighted by atomic mass is 35.5. The van der Waals surface area contributed by atoms with E-state index in [1.54, 1.807) is 0 Å². The smallest absolute Gasteiger partial charge is 0.323 e. The lowest BCUT2D eigenvalue weighted by molar-refractivity contribution is -0.145. The maximum absolute atomic E-state index is 11.6. The zero-order valence-electron chi connectivity index (χ0n) is 10.7. The number of nitrogens with two attached hydrogens (primary N) is 1. The van der Waals surface area contributed by atoms with Gasteiger partial charge in [-0.05, 0) is 18.1 Å². The number of ether oxygens (including phenoxy) is 1. The third-order valence-corrected chi connectivity index (χ3v) is 2.98. The maximum Gasteiger partial charge on any atom is 0.323 e. The molecule has 0 spiro atoms. The van der Waals surface area contributed by atoms with Crippen molar-refractivity contribution in [3.8, 4) is 11.5 Å². The maximum atomic E-state index is 11.6. The topological polar surface area (TPSA) is 92.8 Å². The van der Waals surface area contributed by atoms with Crippen molar-refractivity contribution in [3.63, 3.8) is 0 Å². The third-order valence-electron chi connectivity index (χ3n) is 2.67. The van der Waals surface area contributed by atoms with E-state index in [4.69, 9.17) is 22.1 Å². The minimum atomic E-state index is -0.886. The number of hydrogen-bond donors (Lipinski definition) is 3. The van der Waals surface area contributed by atoms with Crippen LogP contribution >= 0.6 is 11.6 Å². The Bertz CT molecular complexity index is 451. The van der Waals surface area contributed by atoms with Gasteiger partial charge in [0.2, 0.25) is 0 Å². The summed E-state index contributed by atoms with van der Waals surface area (Å²) in [4.78, 5) is 11.6. The van der Waals surface area contributed by atoms with Crippen molar-refractivity contribution in [3.05, 3.63) is 22.7 Å². The molecular formula is C13H18ClNO4. The second-order valence-electron chi connectivity index (χ2n) is 4.24. The first kappa shape index (κ1) is 15.6. The number of esters is 1. The fourth-order valence-electron chi connectivity index (χ4n) is 1.51. The van der Waals surface area contributed by atoms with Crippen LogP contribution in [0.3, 0.4) is 0 Å². The molecular weight excluding hydrogens is 270 g/mol. The Hall–Kier alpha value is -1.46. The SMILES string of the molecule is CCCCOC(=O)[C@@H](N)Cc1ccc(Cl)c(O)c1O. The molecule has 0 heterocycles. The average Bonchev–Trinajstić information content (AvgIpc) is 2.39. The molecule has 0 aliphatic rings. The summed E-state index contributed by atoms with van der Waals surface area (Å²) in [6.07, 6.45) is 1.78. The third kappa shape index (κ3) is 4.29. The van der Waals surface area contributed by atoms with Gasteiger partial charge in [0, 0.05) is 6.42 Å². The fraction of sp³-hybridized carbons (Fsp3) is 0.462. The van der Waals surface area contributed by atoms with Crippen molar-refractivity contribution in [1.29, 1.82) is 0 Å². The van der Waals surface area contributed by atoms with Crippen molar-refractivity contribution in [2.75, 3.05) is 6.61 Å². The highest BCUT2D eigenvalue weighted by molar-refractivity contribution is 6.32. The molecule has 4 N–H and O–H groups in total. The summed E-state index contributed by atoms with van der Waals surface area (Å²) in [6.45, 7) is 2.32. The van der Waals surface area contributed by atoms with Gasteiger partial charge in [0.05, 0.1) is 11.6 Å².